The molecule has 1 aromatic carbocycles. The molecule has 1 aromatic heterocycles. The molecule has 140 valence electrons. The molecule has 0 saturated heterocycles. The minimum atomic E-state index is -2.54. The first kappa shape index (κ1) is 19.6. The number of aromatic nitrogens is 2. The lowest BCUT2D eigenvalue weighted by Gasteiger charge is -2.23. The van der Waals surface area contributed by atoms with Gasteiger partial charge in [-0.3, -0.25) is 14.6 Å². The van der Waals surface area contributed by atoms with Gasteiger partial charge in [0.25, 0.3) is 17.9 Å². The number of carbonyl (C=O) groups is 1. The van der Waals surface area contributed by atoms with E-state index in [1.165, 1.54) is 12.1 Å². The lowest BCUT2D eigenvalue weighted by molar-refractivity contribution is 0.0920. The molecule has 1 unspecified atom stereocenters. The fourth-order valence-corrected chi connectivity index (χ4v) is 2.47. The maximum absolute atomic E-state index is 12.7. The summed E-state index contributed by atoms with van der Waals surface area (Å²) in [6.07, 6.45) is -2.54. The topological polar surface area (TPSA) is 78.1 Å². The van der Waals surface area contributed by atoms with Crippen LogP contribution in [0.25, 0.3) is 0 Å². The Morgan fingerprint density at radius 2 is 1.73 bits per heavy atom. The predicted molar refractivity (Wildman–Crippen MR) is 95.6 cm³/mol. The molecule has 1 amide bonds. The molecule has 0 spiro atoms. The van der Waals surface area contributed by atoms with Gasteiger partial charge in [0.15, 0.2) is 0 Å². The third-order valence-electron chi connectivity index (χ3n) is 3.89. The molecule has 2 N–H and O–H groups in total. The van der Waals surface area contributed by atoms with Crippen LogP contribution < -0.4 is 15.8 Å². The van der Waals surface area contributed by atoms with Crippen molar-refractivity contribution in [3.8, 4) is 0 Å². The first-order valence-electron chi connectivity index (χ1n) is 8.16. The van der Waals surface area contributed by atoms with E-state index in [0.717, 1.165) is 6.07 Å². The summed E-state index contributed by atoms with van der Waals surface area (Å²) in [5, 5.41) is 2.83. The quantitative estimate of drug-likeness (QED) is 0.826. The molecule has 0 fully saturated rings. The van der Waals surface area contributed by atoms with Gasteiger partial charge in [0.1, 0.15) is 5.69 Å². The number of carbonyl (C=O) groups excluding carboxylic acids is 1. The van der Waals surface area contributed by atoms with Crippen molar-refractivity contribution in [3.63, 3.8) is 0 Å². The molecular formula is C18H22F2N4O2. The zero-order chi connectivity index (χ0) is 19.4. The number of benzene rings is 1. The fraction of sp³-hybridized carbons (Fsp3) is 0.389. The van der Waals surface area contributed by atoms with Crippen molar-refractivity contribution in [2.45, 2.75) is 26.3 Å². The maximum Gasteiger partial charge on any atom is 0.270 e. The molecule has 26 heavy (non-hydrogen) atoms. The van der Waals surface area contributed by atoms with Crippen molar-refractivity contribution in [2.75, 3.05) is 19.0 Å². The third kappa shape index (κ3) is 4.65. The van der Waals surface area contributed by atoms with Gasteiger partial charge in [-0.05, 0) is 11.5 Å². The third-order valence-corrected chi connectivity index (χ3v) is 3.89. The number of anilines is 1. The van der Waals surface area contributed by atoms with Crippen molar-refractivity contribution in [2.24, 2.45) is 5.92 Å². The van der Waals surface area contributed by atoms with E-state index in [-0.39, 0.29) is 23.1 Å². The van der Waals surface area contributed by atoms with Crippen LogP contribution in [0.2, 0.25) is 0 Å². The number of hydrogen-bond donors (Lipinski definition) is 2. The average Bonchev–Trinajstić information content (AvgIpc) is 2.58. The normalized spacial score (nSPS) is 12.3. The van der Waals surface area contributed by atoms with E-state index in [0.29, 0.717) is 5.56 Å². The summed E-state index contributed by atoms with van der Waals surface area (Å²) < 4.78 is 25.4. The summed E-state index contributed by atoms with van der Waals surface area (Å²) in [6.45, 7) is 3.81. The Balaban J connectivity index is 2.27. The van der Waals surface area contributed by atoms with Crippen LogP contribution in [0.15, 0.2) is 35.1 Å². The van der Waals surface area contributed by atoms with Crippen molar-refractivity contribution in [1.82, 2.24) is 15.3 Å². The van der Waals surface area contributed by atoms with E-state index < -0.39 is 23.9 Å². The Kier molecular flexibility index (Phi) is 6.07. The second-order valence-electron chi connectivity index (χ2n) is 6.51. The van der Waals surface area contributed by atoms with Crippen molar-refractivity contribution < 1.29 is 13.6 Å². The molecular weight excluding hydrogens is 342 g/mol. The van der Waals surface area contributed by atoms with E-state index in [1.54, 1.807) is 31.1 Å². The summed E-state index contributed by atoms with van der Waals surface area (Å²) >= 11 is 0. The van der Waals surface area contributed by atoms with Gasteiger partial charge >= 0.3 is 0 Å². The Labute approximate surface area is 150 Å². The second kappa shape index (κ2) is 8.07. The molecule has 0 bridgehead atoms. The highest BCUT2D eigenvalue weighted by Crippen LogP contribution is 2.25. The molecule has 6 nitrogen and oxygen atoms in total. The fourth-order valence-electron chi connectivity index (χ4n) is 2.47. The molecule has 2 aromatic rings. The Morgan fingerprint density at radius 1 is 1.15 bits per heavy atom. The largest absolute Gasteiger partial charge is 0.348 e. The highest BCUT2D eigenvalue weighted by Gasteiger charge is 2.21. The molecule has 1 heterocycles. The van der Waals surface area contributed by atoms with Gasteiger partial charge in [0.2, 0.25) is 5.95 Å². The highest BCUT2D eigenvalue weighted by molar-refractivity contribution is 5.92. The summed E-state index contributed by atoms with van der Waals surface area (Å²) in [5.41, 5.74) is 0.188. The number of H-pyrrole nitrogens is 1. The average molecular weight is 364 g/mol. The number of halogens is 2. The minimum Gasteiger partial charge on any atom is -0.348 e. The van der Waals surface area contributed by atoms with Crippen molar-refractivity contribution in [1.29, 1.82) is 0 Å². The molecule has 2 rings (SSSR count). The Hall–Kier alpha value is -2.77. The summed E-state index contributed by atoms with van der Waals surface area (Å²) in [6, 6.07) is 6.55. The Bertz CT molecular complexity index is 817. The molecule has 8 heteroatoms. The van der Waals surface area contributed by atoms with Gasteiger partial charge in [-0.25, -0.2) is 13.8 Å². The maximum atomic E-state index is 12.7. The van der Waals surface area contributed by atoms with E-state index in [1.807, 2.05) is 13.8 Å². The van der Waals surface area contributed by atoms with Gasteiger partial charge in [-0.15, -0.1) is 0 Å². The van der Waals surface area contributed by atoms with Gasteiger partial charge in [-0.1, -0.05) is 38.1 Å². The SMILES string of the molecule is CC(C)C(NC(=O)c1cc(=O)[nH]c(N(C)C)n1)c1ccc(C(F)F)cc1. The van der Waals surface area contributed by atoms with E-state index >= 15 is 0 Å². The predicted octanol–water partition coefficient (Wildman–Crippen LogP) is 2.90. The standard InChI is InChI=1S/C18H22F2N4O2/c1-10(2)15(11-5-7-12(8-6-11)16(19)20)23-17(26)13-9-14(25)22-18(21-13)24(3)4/h5-10,15-16H,1-4H3,(H,23,26)(H,21,22,25). The molecule has 1 atom stereocenters. The van der Waals surface area contributed by atoms with Crippen LogP contribution in [-0.2, 0) is 0 Å². The van der Waals surface area contributed by atoms with E-state index in [4.69, 9.17) is 0 Å². The lowest BCUT2D eigenvalue weighted by atomic mass is 9.95. The number of amides is 1. The molecule has 0 radical (unpaired) electrons. The van der Waals surface area contributed by atoms with Gasteiger partial charge in [0, 0.05) is 25.7 Å². The van der Waals surface area contributed by atoms with Crippen LogP contribution in [0.5, 0.6) is 0 Å². The second-order valence-corrected chi connectivity index (χ2v) is 6.51. The number of nitrogens with zero attached hydrogens (tertiary/aromatic N) is 2. The molecule has 0 aliphatic carbocycles. The molecule has 0 saturated carbocycles. The van der Waals surface area contributed by atoms with Crippen LogP contribution >= 0.6 is 0 Å². The van der Waals surface area contributed by atoms with Crippen LogP contribution in [0, 0.1) is 5.92 Å². The zero-order valence-corrected chi connectivity index (χ0v) is 15.1. The van der Waals surface area contributed by atoms with Crippen LogP contribution in [0.3, 0.4) is 0 Å². The number of hydrogen-bond acceptors (Lipinski definition) is 4. The summed E-state index contributed by atoms with van der Waals surface area (Å²) in [5.74, 6) is -0.229. The lowest BCUT2D eigenvalue weighted by Crippen LogP contribution is -2.33. The van der Waals surface area contributed by atoms with Crippen LogP contribution in [0.4, 0.5) is 14.7 Å². The van der Waals surface area contributed by atoms with E-state index in [2.05, 4.69) is 15.3 Å². The Morgan fingerprint density at radius 3 is 2.23 bits per heavy atom. The molecule has 0 aliphatic rings. The zero-order valence-electron chi connectivity index (χ0n) is 15.1. The van der Waals surface area contributed by atoms with Crippen molar-refractivity contribution >= 4 is 11.9 Å². The first-order valence-corrected chi connectivity index (χ1v) is 8.16. The first-order chi connectivity index (χ1) is 12.2. The number of nitrogens with one attached hydrogen (secondary N) is 2. The number of aromatic amines is 1. The highest BCUT2D eigenvalue weighted by atomic mass is 19.3. The number of rotatable bonds is 6. The molecule has 0 aliphatic heterocycles. The summed E-state index contributed by atoms with van der Waals surface area (Å²) in [7, 11) is 3.39. The van der Waals surface area contributed by atoms with Crippen molar-refractivity contribution in [3.05, 3.63) is 57.5 Å². The van der Waals surface area contributed by atoms with Crippen LogP contribution in [0.1, 0.15) is 47.9 Å². The smallest absolute Gasteiger partial charge is 0.270 e. The van der Waals surface area contributed by atoms with Gasteiger partial charge in [-0.2, -0.15) is 0 Å². The monoisotopic (exact) mass is 364 g/mol. The summed E-state index contributed by atoms with van der Waals surface area (Å²) in [4.78, 5) is 32.6. The minimum absolute atomic E-state index is 0.00617. The van der Waals surface area contributed by atoms with Gasteiger partial charge < -0.3 is 10.2 Å². The van der Waals surface area contributed by atoms with Gasteiger partial charge in [0.05, 0.1) is 6.04 Å². The van der Waals surface area contributed by atoms with Crippen LogP contribution in [-0.4, -0.2) is 30.0 Å². The number of alkyl halides is 2. The van der Waals surface area contributed by atoms with E-state index in [9.17, 15) is 18.4 Å².